The summed E-state index contributed by atoms with van der Waals surface area (Å²) in [6.45, 7) is 2.96. The molecule has 1 aliphatic rings. The van der Waals surface area contributed by atoms with E-state index in [1.807, 2.05) is 17.0 Å². The summed E-state index contributed by atoms with van der Waals surface area (Å²) in [5.41, 5.74) is 0.861. The minimum atomic E-state index is -0.0725. The smallest absolute Gasteiger partial charge is 0.293 e. The van der Waals surface area contributed by atoms with Crippen molar-refractivity contribution in [1.29, 1.82) is 0 Å². The molecule has 0 bridgehead atoms. The van der Waals surface area contributed by atoms with Crippen molar-refractivity contribution in [3.8, 4) is 0 Å². The molecule has 7 heteroatoms. The number of anilines is 2. The molecular weight excluding hydrogens is 323 g/mol. The summed E-state index contributed by atoms with van der Waals surface area (Å²) in [6.07, 6.45) is 3.31. The maximum Gasteiger partial charge on any atom is 0.293 e. The predicted molar refractivity (Wildman–Crippen MR) is 90.4 cm³/mol. The van der Waals surface area contributed by atoms with E-state index in [2.05, 4.69) is 9.88 Å². The summed E-state index contributed by atoms with van der Waals surface area (Å²) in [5, 5.41) is 1.13. The molecule has 0 saturated carbocycles. The van der Waals surface area contributed by atoms with E-state index in [1.54, 1.807) is 30.1 Å². The van der Waals surface area contributed by atoms with Crippen LogP contribution in [0, 0.1) is 0 Å². The molecule has 116 valence electrons. The van der Waals surface area contributed by atoms with Gasteiger partial charge < -0.3 is 14.4 Å². The van der Waals surface area contributed by atoms with Crippen LogP contribution in [0.4, 0.5) is 11.5 Å². The second-order valence-corrected chi connectivity index (χ2v) is 6.00. The van der Waals surface area contributed by atoms with Crippen LogP contribution in [-0.4, -0.2) is 35.7 Å². The Hall–Kier alpha value is -1.72. The van der Waals surface area contributed by atoms with Crippen LogP contribution in [0.1, 0.15) is 0 Å². The highest BCUT2D eigenvalue weighted by Crippen LogP contribution is 2.32. The van der Waals surface area contributed by atoms with E-state index in [9.17, 15) is 4.79 Å². The van der Waals surface area contributed by atoms with Gasteiger partial charge in [-0.2, -0.15) is 0 Å². The van der Waals surface area contributed by atoms with Gasteiger partial charge in [0.1, 0.15) is 0 Å². The summed E-state index contributed by atoms with van der Waals surface area (Å²) < 4.78 is 1.54. The molecule has 0 amide bonds. The SMILES string of the molecule is Cn1ccnc(N2CCN(c3cccc(Cl)c3Cl)CC2)c1=O. The molecule has 2 aromatic rings. The number of hydrogen-bond donors (Lipinski definition) is 0. The number of halogens is 2. The van der Waals surface area contributed by atoms with E-state index < -0.39 is 0 Å². The highest BCUT2D eigenvalue weighted by molar-refractivity contribution is 6.43. The van der Waals surface area contributed by atoms with Crippen LogP contribution in [0.15, 0.2) is 35.4 Å². The zero-order valence-electron chi connectivity index (χ0n) is 12.2. The predicted octanol–water partition coefficient (Wildman–Crippen LogP) is 2.41. The van der Waals surface area contributed by atoms with Crippen LogP contribution in [0.3, 0.4) is 0 Å². The van der Waals surface area contributed by atoms with Gasteiger partial charge in [0.15, 0.2) is 5.82 Å². The minimum Gasteiger partial charge on any atom is -0.367 e. The van der Waals surface area contributed by atoms with E-state index in [-0.39, 0.29) is 5.56 Å². The van der Waals surface area contributed by atoms with Crippen molar-refractivity contribution in [1.82, 2.24) is 9.55 Å². The summed E-state index contributed by atoms with van der Waals surface area (Å²) in [6, 6.07) is 5.63. The number of hydrogen-bond acceptors (Lipinski definition) is 4. The highest BCUT2D eigenvalue weighted by atomic mass is 35.5. The Labute approximate surface area is 138 Å². The molecule has 2 heterocycles. The van der Waals surface area contributed by atoms with Crippen molar-refractivity contribution in [2.24, 2.45) is 7.05 Å². The molecule has 0 radical (unpaired) electrons. The van der Waals surface area contributed by atoms with Crippen molar-refractivity contribution >= 4 is 34.7 Å². The zero-order chi connectivity index (χ0) is 15.7. The third-order valence-electron chi connectivity index (χ3n) is 3.85. The first-order valence-electron chi connectivity index (χ1n) is 7.03. The van der Waals surface area contributed by atoms with E-state index in [1.165, 1.54) is 0 Å². The first-order chi connectivity index (χ1) is 10.6. The lowest BCUT2D eigenvalue weighted by molar-refractivity contribution is 0.639. The van der Waals surface area contributed by atoms with Gasteiger partial charge in [0.25, 0.3) is 5.56 Å². The van der Waals surface area contributed by atoms with Gasteiger partial charge in [0.2, 0.25) is 0 Å². The van der Waals surface area contributed by atoms with Crippen LogP contribution < -0.4 is 15.4 Å². The highest BCUT2D eigenvalue weighted by Gasteiger charge is 2.22. The number of benzene rings is 1. The van der Waals surface area contributed by atoms with E-state index in [0.29, 0.717) is 15.9 Å². The van der Waals surface area contributed by atoms with Crippen LogP contribution in [0.25, 0.3) is 0 Å². The number of nitrogens with zero attached hydrogens (tertiary/aromatic N) is 4. The van der Waals surface area contributed by atoms with Crippen LogP contribution in [0.2, 0.25) is 10.0 Å². The minimum absolute atomic E-state index is 0.0725. The van der Waals surface area contributed by atoms with Gasteiger partial charge in [-0.1, -0.05) is 29.3 Å². The fraction of sp³-hybridized carbons (Fsp3) is 0.333. The summed E-state index contributed by atoms with van der Waals surface area (Å²) in [4.78, 5) is 20.5. The fourth-order valence-electron chi connectivity index (χ4n) is 2.60. The lowest BCUT2D eigenvalue weighted by Crippen LogP contribution is -2.48. The van der Waals surface area contributed by atoms with Crippen LogP contribution in [-0.2, 0) is 7.05 Å². The van der Waals surface area contributed by atoms with Crippen LogP contribution >= 0.6 is 23.2 Å². The molecule has 0 N–H and O–H groups in total. The first kappa shape index (κ1) is 15.2. The van der Waals surface area contributed by atoms with Crippen molar-refractivity contribution in [2.75, 3.05) is 36.0 Å². The number of aromatic nitrogens is 2. The van der Waals surface area contributed by atoms with E-state index in [0.717, 1.165) is 31.9 Å². The lowest BCUT2D eigenvalue weighted by atomic mass is 10.2. The Balaban J connectivity index is 1.77. The summed E-state index contributed by atoms with van der Waals surface area (Å²) >= 11 is 12.3. The lowest BCUT2D eigenvalue weighted by Gasteiger charge is -2.36. The maximum atomic E-state index is 12.1. The quantitative estimate of drug-likeness (QED) is 0.843. The monoisotopic (exact) mass is 338 g/mol. The first-order valence-corrected chi connectivity index (χ1v) is 7.79. The van der Waals surface area contributed by atoms with Gasteiger partial charge >= 0.3 is 0 Å². The molecule has 3 rings (SSSR count). The molecule has 5 nitrogen and oxygen atoms in total. The standard InChI is InChI=1S/C15H16Cl2N4O/c1-19-6-5-18-14(15(19)22)21-9-7-20(8-10-21)12-4-2-3-11(16)13(12)17/h2-6H,7-10H2,1H3. The molecule has 0 atom stereocenters. The molecule has 1 aliphatic heterocycles. The van der Waals surface area contributed by atoms with Crippen molar-refractivity contribution in [2.45, 2.75) is 0 Å². The van der Waals surface area contributed by atoms with Gasteiger partial charge in [-0.3, -0.25) is 4.79 Å². The van der Waals surface area contributed by atoms with Crippen LogP contribution in [0.5, 0.6) is 0 Å². The normalized spacial score (nSPS) is 15.2. The molecule has 0 aliphatic carbocycles. The summed E-state index contributed by atoms with van der Waals surface area (Å²) in [5.74, 6) is 0.502. The van der Waals surface area contributed by atoms with Gasteiger partial charge in [0.05, 0.1) is 15.7 Å². The van der Waals surface area contributed by atoms with Crippen molar-refractivity contribution in [3.05, 3.63) is 51.0 Å². The molecule has 0 spiro atoms. The molecule has 1 fully saturated rings. The Morgan fingerprint density at radius 2 is 1.77 bits per heavy atom. The second kappa shape index (κ2) is 6.18. The van der Waals surface area contributed by atoms with E-state index in [4.69, 9.17) is 23.2 Å². The third-order valence-corrected chi connectivity index (χ3v) is 4.66. The van der Waals surface area contributed by atoms with Gasteiger partial charge in [-0.25, -0.2) is 4.98 Å². The number of aryl methyl sites for hydroxylation is 1. The Morgan fingerprint density at radius 3 is 2.50 bits per heavy atom. The summed E-state index contributed by atoms with van der Waals surface area (Å²) in [7, 11) is 1.73. The Bertz CT molecular complexity index is 739. The van der Waals surface area contributed by atoms with Gasteiger partial charge in [-0.05, 0) is 12.1 Å². The maximum absolute atomic E-state index is 12.1. The van der Waals surface area contributed by atoms with Crippen molar-refractivity contribution < 1.29 is 0 Å². The molecule has 1 saturated heterocycles. The largest absolute Gasteiger partial charge is 0.367 e. The van der Waals surface area contributed by atoms with Gasteiger partial charge in [-0.15, -0.1) is 0 Å². The topological polar surface area (TPSA) is 41.4 Å². The number of piperazine rings is 1. The second-order valence-electron chi connectivity index (χ2n) is 5.21. The average Bonchev–Trinajstić information content (AvgIpc) is 2.53. The Kier molecular flexibility index (Phi) is 4.27. The average molecular weight is 339 g/mol. The van der Waals surface area contributed by atoms with Crippen molar-refractivity contribution in [3.63, 3.8) is 0 Å². The third kappa shape index (κ3) is 2.78. The fourth-order valence-corrected chi connectivity index (χ4v) is 3.01. The molecule has 1 aromatic carbocycles. The molecule has 1 aromatic heterocycles. The Morgan fingerprint density at radius 1 is 1.09 bits per heavy atom. The zero-order valence-corrected chi connectivity index (χ0v) is 13.7. The van der Waals surface area contributed by atoms with E-state index >= 15 is 0 Å². The number of rotatable bonds is 2. The molecule has 22 heavy (non-hydrogen) atoms. The van der Waals surface area contributed by atoms with Gasteiger partial charge in [0, 0.05) is 45.6 Å². The molecule has 0 unspecified atom stereocenters. The molecular formula is C15H16Cl2N4O.